The van der Waals surface area contributed by atoms with Gasteiger partial charge in [-0.15, -0.1) is 0 Å². The van der Waals surface area contributed by atoms with Crippen molar-refractivity contribution in [3.63, 3.8) is 0 Å². The van der Waals surface area contributed by atoms with Crippen LogP contribution in [0.1, 0.15) is 20.8 Å². The van der Waals surface area contributed by atoms with Gasteiger partial charge in [0.1, 0.15) is 11.3 Å². The predicted molar refractivity (Wildman–Crippen MR) is 220 cm³/mol. The van der Waals surface area contributed by atoms with E-state index < -0.39 is 78.4 Å². The molecule has 2 N–H and O–H groups in total. The lowest BCUT2D eigenvalue weighted by Gasteiger charge is -2.25. The van der Waals surface area contributed by atoms with Crippen molar-refractivity contribution in [2.24, 2.45) is 0 Å². The Balaban J connectivity index is 0.000000803. The second-order valence-corrected chi connectivity index (χ2v) is 16.0. The number of halogens is 11. The van der Waals surface area contributed by atoms with Crippen molar-refractivity contribution >= 4 is 63.9 Å². The van der Waals surface area contributed by atoms with Gasteiger partial charge < -0.3 is 29.4 Å². The lowest BCUT2D eigenvalue weighted by molar-refractivity contribution is -0.385. The van der Waals surface area contributed by atoms with Crippen LogP contribution in [0.3, 0.4) is 0 Å². The number of nitrogens with zero attached hydrogens (tertiary/aromatic N) is 7. The largest absolute Gasteiger partial charge is 0.490 e. The van der Waals surface area contributed by atoms with Crippen molar-refractivity contribution in [1.29, 1.82) is 0 Å². The third kappa shape index (κ3) is 27.1. The fraction of sp³-hybridized carbons (Fsp3) is 0.600. The number of benzene rings is 2. The zero-order valence-corrected chi connectivity index (χ0v) is 38.0. The van der Waals surface area contributed by atoms with E-state index in [0.717, 1.165) is 44.4 Å². The minimum atomic E-state index is -5.08. The number of likely N-dealkylation sites (N-methyl/N-ethyl adjacent to an activating group) is 3. The topological polar surface area (TPSA) is 206 Å². The smallest absolute Gasteiger partial charge is 0.475 e. The minimum absolute atomic E-state index is 0.280. The zero-order chi connectivity index (χ0) is 50.2. The molecule has 372 valence electrons. The number of alkyl halides is 6. The molecule has 30 heteroatoms. The average molecular weight is 1020 g/mol. The van der Waals surface area contributed by atoms with Gasteiger partial charge in [-0.2, -0.15) is 18.2 Å². The van der Waals surface area contributed by atoms with Crippen LogP contribution in [0.2, 0.25) is 0 Å². The number of carboxylic acids is 1. The number of nitro groups is 2. The van der Waals surface area contributed by atoms with E-state index in [2.05, 4.69) is 22.3 Å². The molecule has 0 unspecified atom stereocenters. The maximum Gasteiger partial charge on any atom is 0.490 e. The van der Waals surface area contributed by atoms with Gasteiger partial charge in [0.15, 0.2) is 33.4 Å². The molecule has 5 rings (SSSR count). The Bertz CT molecular complexity index is 1750. The van der Waals surface area contributed by atoms with Crippen LogP contribution >= 0.6 is 34.8 Å². The summed E-state index contributed by atoms with van der Waals surface area (Å²) >= 11 is 14.4. The Morgan fingerprint density at radius 3 is 1.55 bits per heavy atom. The summed E-state index contributed by atoms with van der Waals surface area (Å²) in [5.74, 6) is -9.61. The van der Waals surface area contributed by atoms with Gasteiger partial charge in [0.2, 0.25) is 0 Å². The molecule has 3 heterocycles. The Morgan fingerprint density at radius 1 is 0.723 bits per heavy atom. The molecule has 19 nitrogen and oxygen atoms in total. The number of hydroxylamine groups is 4. The van der Waals surface area contributed by atoms with Gasteiger partial charge in [-0.1, -0.05) is 34.8 Å². The highest BCUT2D eigenvalue weighted by molar-refractivity contribution is 6.63. The Labute approximate surface area is 382 Å². The number of carbonyl (C=O) groups excluding carboxylic acids is 1. The van der Waals surface area contributed by atoms with Gasteiger partial charge >= 0.3 is 18.2 Å². The molecule has 3 fully saturated rings. The van der Waals surface area contributed by atoms with E-state index in [0.29, 0.717) is 57.1 Å². The highest BCUT2D eigenvalue weighted by atomic mass is 35.6. The number of hydrogen-bond acceptors (Lipinski definition) is 15. The second kappa shape index (κ2) is 30.2. The van der Waals surface area contributed by atoms with Crippen LogP contribution < -0.4 is 10.5 Å². The molecule has 0 aliphatic carbocycles. The van der Waals surface area contributed by atoms with Crippen LogP contribution in [0.15, 0.2) is 24.3 Å². The Hall–Kier alpha value is -4.19. The highest BCUT2D eigenvalue weighted by Crippen LogP contribution is 2.29. The van der Waals surface area contributed by atoms with E-state index in [1.54, 1.807) is 0 Å². The van der Waals surface area contributed by atoms with Gasteiger partial charge in [0, 0.05) is 45.8 Å². The molecular weight excluding hydrogens is 967 g/mol. The monoisotopic (exact) mass is 1010 g/mol. The van der Waals surface area contributed by atoms with E-state index in [1.165, 1.54) is 5.06 Å². The summed E-state index contributed by atoms with van der Waals surface area (Å²) < 4.78 is 101. The second-order valence-electron chi connectivity index (χ2n) is 14.0. The number of rotatable bonds is 3. The van der Waals surface area contributed by atoms with Gasteiger partial charge in [0.05, 0.1) is 67.0 Å². The number of carboxylic acid groups (broad SMARTS) is 1. The first-order valence-corrected chi connectivity index (χ1v) is 19.9. The molecule has 3 saturated heterocycles. The Kier molecular flexibility index (Phi) is 28.2. The number of anilines is 1. The highest BCUT2D eigenvalue weighted by Gasteiger charge is 2.38. The fourth-order valence-corrected chi connectivity index (χ4v) is 4.36. The number of amides is 1. The van der Waals surface area contributed by atoms with Crippen LogP contribution in [0, 0.1) is 49.3 Å². The number of carbonyl (C=O) groups is 2. The first kappa shape index (κ1) is 60.8. The molecule has 0 aromatic heterocycles. The van der Waals surface area contributed by atoms with Crippen molar-refractivity contribution in [2.75, 3.05) is 105 Å². The van der Waals surface area contributed by atoms with Crippen molar-refractivity contribution in [3.8, 4) is 0 Å². The lowest BCUT2D eigenvalue weighted by Crippen LogP contribution is -2.38. The summed E-state index contributed by atoms with van der Waals surface area (Å²) in [7, 11) is 5.97. The van der Waals surface area contributed by atoms with Crippen LogP contribution in [0.4, 0.5) is 57.0 Å². The van der Waals surface area contributed by atoms with Crippen LogP contribution in [-0.4, -0.2) is 163 Å². The van der Waals surface area contributed by atoms with Crippen LogP contribution in [-0.2, 0) is 24.0 Å². The number of non-ortho nitro benzene ring substituents is 2. The van der Waals surface area contributed by atoms with E-state index in [1.807, 2.05) is 39.8 Å². The molecule has 0 radical (unpaired) electrons. The van der Waals surface area contributed by atoms with Crippen LogP contribution in [0.25, 0.3) is 0 Å². The standard InChI is InChI=1S/C11H13F2N3O3.C10H20N2O3.C6H2F3NO2.C5H12N2O.C2HF3O2.CHCl3/c1-14-2-3-15(19-5-4-14)11-9(12)6-8(16(17)18)7-10(11)13;1-10(2,3)15-9(13)12-6-5-11(4)7-8-14-12;7-4-1-3(10(11)12)2-5(8)6(4)9;1-7-3-2-6-8-5-4-7;3-2(4,5)1(6)7;2-1(3)4/h6-7H,2-5H2,1H3;5-8H2,1-4H3;1-2H;6H,2-5H2,1H3;(H,6,7);1H. The molecule has 0 atom stereocenters. The first-order valence-electron chi connectivity index (χ1n) is 18.6. The van der Waals surface area contributed by atoms with Crippen molar-refractivity contribution in [3.05, 3.63) is 73.6 Å². The molecule has 0 spiro atoms. The summed E-state index contributed by atoms with van der Waals surface area (Å²) in [6.07, 6.45) is -5.49. The van der Waals surface area contributed by atoms with Crippen LogP contribution in [0.5, 0.6) is 0 Å². The number of nitrogens with one attached hydrogen (secondary N) is 1. The quantitative estimate of drug-likeness (QED) is 0.107. The van der Waals surface area contributed by atoms with Gasteiger partial charge in [-0.25, -0.2) is 42.1 Å². The summed E-state index contributed by atoms with van der Waals surface area (Å²) in [5.41, 5.74) is 0.541. The van der Waals surface area contributed by atoms with E-state index in [4.69, 9.17) is 64.0 Å². The molecule has 0 bridgehead atoms. The predicted octanol–water partition coefficient (Wildman–Crippen LogP) is 6.74. The van der Waals surface area contributed by atoms with Gasteiger partial charge in [-0.3, -0.25) is 29.9 Å². The summed E-state index contributed by atoms with van der Waals surface area (Å²) in [6.45, 7) is 13.9. The normalized spacial score (nSPS) is 16.3. The van der Waals surface area contributed by atoms with Gasteiger partial charge in [0.25, 0.3) is 11.4 Å². The third-order valence-corrected chi connectivity index (χ3v) is 7.56. The Morgan fingerprint density at radius 2 is 1.12 bits per heavy atom. The molecule has 65 heavy (non-hydrogen) atoms. The molecule has 2 aromatic carbocycles. The molecule has 1 amide bonds. The summed E-state index contributed by atoms with van der Waals surface area (Å²) in [6, 6.07) is 2.02. The van der Waals surface area contributed by atoms with E-state index in [-0.39, 0.29) is 12.2 Å². The van der Waals surface area contributed by atoms with E-state index >= 15 is 0 Å². The number of nitro benzene ring substituents is 2. The minimum Gasteiger partial charge on any atom is -0.475 e. The maximum atomic E-state index is 13.8. The molecular formula is C35H49Cl3F8N8O11. The van der Waals surface area contributed by atoms with Crippen molar-refractivity contribution in [2.45, 2.75) is 36.8 Å². The number of hydrogen-bond donors (Lipinski definition) is 2. The summed E-state index contributed by atoms with van der Waals surface area (Å²) in [4.78, 5) is 61.0. The molecule has 0 saturated carbocycles. The average Bonchev–Trinajstić information content (AvgIpc) is 3.65. The molecule has 2 aromatic rings. The SMILES string of the molecule is CN1CCNOCC1.CN1CCON(C(=O)OC(C)(C)C)CC1.CN1CCON(c2c(F)cc([N+](=O)[O-])cc2F)CC1.ClC(Cl)Cl.O=C(O)C(F)(F)F.O=[N+]([O-])c1cc(F)c(F)c(F)c1. The lowest BCUT2D eigenvalue weighted by atomic mass is 10.2. The van der Waals surface area contributed by atoms with Crippen molar-refractivity contribution < 1.29 is 78.9 Å². The molecule has 3 aliphatic heterocycles. The van der Waals surface area contributed by atoms with E-state index in [9.17, 15) is 60.1 Å². The third-order valence-electron chi connectivity index (χ3n) is 7.56. The first-order chi connectivity index (χ1) is 30.0. The number of aliphatic carboxylic acids is 1. The zero-order valence-electron chi connectivity index (χ0n) is 35.7. The summed E-state index contributed by atoms with van der Waals surface area (Å²) in [5, 5.41) is 30.0. The maximum absolute atomic E-state index is 13.8. The van der Waals surface area contributed by atoms with Gasteiger partial charge in [-0.05, 0) is 41.9 Å². The van der Waals surface area contributed by atoms with Crippen molar-refractivity contribution in [1.82, 2.24) is 25.2 Å². The number of ether oxygens (including phenoxy) is 1. The molecule has 3 aliphatic rings. The fourth-order valence-electron chi connectivity index (χ4n) is 4.36.